The number of rotatable bonds is 3. The monoisotopic (exact) mass is 344 g/mol. The number of para-hydroxylation sites is 1. The van der Waals surface area contributed by atoms with Crippen LogP contribution in [-0.4, -0.2) is 17.8 Å². The van der Waals surface area contributed by atoms with Gasteiger partial charge in [-0.3, -0.25) is 0 Å². The zero-order valence-electron chi connectivity index (χ0n) is 14.1. The van der Waals surface area contributed by atoms with E-state index in [4.69, 9.17) is 10.5 Å². The predicted molar refractivity (Wildman–Crippen MR) is 103 cm³/mol. The standard InChI is InChI=1S/C20H24N2O.ClH/c1-2-22-18-6-4-3-5-16(18)17-13-15(7-8-19(17)22)20(21)14-9-11-23-12-10-14;/h3-8,13-14,20H,2,9-12,21H2,1H3;1H/t20-;/m0./s1. The van der Waals surface area contributed by atoms with Crippen molar-refractivity contribution in [2.24, 2.45) is 11.7 Å². The lowest BCUT2D eigenvalue weighted by Crippen LogP contribution is -2.27. The van der Waals surface area contributed by atoms with Crippen molar-refractivity contribution in [2.75, 3.05) is 13.2 Å². The molecule has 0 amide bonds. The molecule has 3 aromatic rings. The topological polar surface area (TPSA) is 40.2 Å². The van der Waals surface area contributed by atoms with Crippen LogP contribution in [0.1, 0.15) is 31.4 Å². The van der Waals surface area contributed by atoms with Gasteiger partial charge in [0.25, 0.3) is 0 Å². The number of nitrogens with zero attached hydrogens (tertiary/aromatic N) is 1. The van der Waals surface area contributed by atoms with Crippen molar-refractivity contribution in [3.05, 3.63) is 48.0 Å². The first-order valence-electron chi connectivity index (χ1n) is 8.64. The van der Waals surface area contributed by atoms with Crippen molar-refractivity contribution in [3.63, 3.8) is 0 Å². The van der Waals surface area contributed by atoms with Crippen LogP contribution in [-0.2, 0) is 11.3 Å². The maximum absolute atomic E-state index is 6.58. The van der Waals surface area contributed by atoms with E-state index in [9.17, 15) is 0 Å². The Bertz CT molecular complexity index is 836. The van der Waals surface area contributed by atoms with E-state index >= 15 is 0 Å². The zero-order chi connectivity index (χ0) is 15.8. The van der Waals surface area contributed by atoms with Gasteiger partial charge in [-0.15, -0.1) is 12.4 Å². The molecule has 2 N–H and O–H groups in total. The Hall–Kier alpha value is -1.55. The Kier molecular flexibility index (Phi) is 5.14. The first-order chi connectivity index (χ1) is 11.3. The minimum absolute atomic E-state index is 0. The molecular formula is C20H25ClN2O. The first kappa shape index (κ1) is 17.3. The second kappa shape index (κ2) is 7.14. The minimum Gasteiger partial charge on any atom is -0.381 e. The molecule has 2 heterocycles. The van der Waals surface area contributed by atoms with Crippen LogP contribution in [0, 0.1) is 5.92 Å². The van der Waals surface area contributed by atoms with Crippen LogP contribution in [0.25, 0.3) is 21.8 Å². The molecule has 1 saturated heterocycles. The smallest absolute Gasteiger partial charge is 0.0491 e. The molecule has 0 spiro atoms. The Labute approximate surface area is 149 Å². The summed E-state index contributed by atoms with van der Waals surface area (Å²) in [7, 11) is 0. The van der Waals surface area contributed by atoms with Gasteiger partial charge in [-0.2, -0.15) is 0 Å². The predicted octanol–water partition coefficient (Wildman–Crippen LogP) is 4.66. The molecule has 1 aromatic heterocycles. The quantitative estimate of drug-likeness (QED) is 0.750. The summed E-state index contributed by atoms with van der Waals surface area (Å²) in [5.41, 5.74) is 10.4. The van der Waals surface area contributed by atoms with Gasteiger partial charge >= 0.3 is 0 Å². The number of benzene rings is 2. The van der Waals surface area contributed by atoms with Gasteiger partial charge in [0.15, 0.2) is 0 Å². The van der Waals surface area contributed by atoms with E-state index in [1.54, 1.807) is 0 Å². The molecule has 0 aliphatic carbocycles. The molecule has 0 unspecified atom stereocenters. The molecule has 4 rings (SSSR count). The van der Waals surface area contributed by atoms with E-state index in [0.717, 1.165) is 32.6 Å². The molecule has 4 heteroatoms. The van der Waals surface area contributed by atoms with Crippen LogP contribution >= 0.6 is 12.4 Å². The lowest BCUT2D eigenvalue weighted by molar-refractivity contribution is 0.0584. The van der Waals surface area contributed by atoms with Gasteiger partial charge in [0.05, 0.1) is 0 Å². The highest BCUT2D eigenvalue weighted by Crippen LogP contribution is 2.34. The molecule has 0 bridgehead atoms. The Morgan fingerprint density at radius 1 is 1.08 bits per heavy atom. The number of hydrogen-bond donors (Lipinski definition) is 1. The van der Waals surface area contributed by atoms with Crippen molar-refractivity contribution < 1.29 is 4.74 Å². The van der Waals surface area contributed by atoms with Crippen LogP contribution in [0.2, 0.25) is 0 Å². The number of hydrogen-bond acceptors (Lipinski definition) is 2. The first-order valence-corrected chi connectivity index (χ1v) is 8.64. The molecule has 0 radical (unpaired) electrons. The summed E-state index contributed by atoms with van der Waals surface area (Å²) in [4.78, 5) is 0. The molecule has 24 heavy (non-hydrogen) atoms. The summed E-state index contributed by atoms with van der Waals surface area (Å²) < 4.78 is 7.86. The largest absolute Gasteiger partial charge is 0.381 e. The third-order valence-electron chi connectivity index (χ3n) is 5.27. The SMILES string of the molecule is CCn1c2ccccc2c2cc([C@@H](N)C3CCOCC3)ccc21.Cl. The summed E-state index contributed by atoms with van der Waals surface area (Å²) in [6, 6.07) is 15.5. The zero-order valence-corrected chi connectivity index (χ0v) is 14.9. The van der Waals surface area contributed by atoms with E-state index in [2.05, 4.69) is 54.0 Å². The molecule has 1 aliphatic heterocycles. The van der Waals surface area contributed by atoms with Crippen LogP contribution in [0.3, 0.4) is 0 Å². The third-order valence-corrected chi connectivity index (χ3v) is 5.27. The normalized spacial score (nSPS) is 17.1. The van der Waals surface area contributed by atoms with Gasteiger partial charge < -0.3 is 15.0 Å². The van der Waals surface area contributed by atoms with E-state index in [1.165, 1.54) is 27.4 Å². The van der Waals surface area contributed by atoms with Gasteiger partial charge in [-0.05, 0) is 49.4 Å². The molecule has 1 aliphatic rings. The highest BCUT2D eigenvalue weighted by atomic mass is 35.5. The molecule has 1 atom stereocenters. The minimum atomic E-state index is 0. The average molecular weight is 345 g/mol. The highest BCUT2D eigenvalue weighted by Gasteiger charge is 2.23. The maximum Gasteiger partial charge on any atom is 0.0491 e. The summed E-state index contributed by atoms with van der Waals surface area (Å²) in [6.45, 7) is 4.87. The van der Waals surface area contributed by atoms with Crippen molar-refractivity contribution in [2.45, 2.75) is 32.4 Å². The molecule has 1 fully saturated rings. The maximum atomic E-state index is 6.58. The third kappa shape index (κ3) is 2.81. The number of aryl methyl sites for hydroxylation is 1. The number of aromatic nitrogens is 1. The lowest BCUT2D eigenvalue weighted by Gasteiger charge is -2.28. The summed E-state index contributed by atoms with van der Waals surface area (Å²) in [6.07, 6.45) is 2.13. The lowest BCUT2D eigenvalue weighted by atomic mass is 9.87. The Balaban J connectivity index is 0.00000169. The highest BCUT2D eigenvalue weighted by molar-refractivity contribution is 6.08. The van der Waals surface area contributed by atoms with E-state index in [-0.39, 0.29) is 18.4 Å². The number of fused-ring (bicyclic) bond motifs is 3. The molecule has 3 nitrogen and oxygen atoms in total. The molecule has 0 saturated carbocycles. The number of nitrogens with two attached hydrogens (primary N) is 1. The Morgan fingerprint density at radius 2 is 1.79 bits per heavy atom. The second-order valence-electron chi connectivity index (χ2n) is 6.51. The van der Waals surface area contributed by atoms with Gasteiger partial charge in [0.1, 0.15) is 0 Å². The second-order valence-corrected chi connectivity index (χ2v) is 6.51. The van der Waals surface area contributed by atoms with Crippen molar-refractivity contribution in [1.29, 1.82) is 0 Å². The van der Waals surface area contributed by atoms with Crippen LogP contribution in [0.5, 0.6) is 0 Å². The molecule has 2 aromatic carbocycles. The van der Waals surface area contributed by atoms with Crippen LogP contribution in [0.4, 0.5) is 0 Å². The van der Waals surface area contributed by atoms with Gasteiger partial charge in [0, 0.05) is 47.6 Å². The van der Waals surface area contributed by atoms with Crippen LogP contribution < -0.4 is 5.73 Å². The summed E-state index contributed by atoms with van der Waals surface area (Å²) in [5.74, 6) is 0.528. The summed E-state index contributed by atoms with van der Waals surface area (Å²) in [5, 5.41) is 2.65. The van der Waals surface area contributed by atoms with Gasteiger partial charge in [0.2, 0.25) is 0 Å². The van der Waals surface area contributed by atoms with E-state index in [0.29, 0.717) is 5.92 Å². The van der Waals surface area contributed by atoms with Crippen molar-refractivity contribution in [1.82, 2.24) is 4.57 Å². The number of halogens is 1. The van der Waals surface area contributed by atoms with Gasteiger partial charge in [-0.1, -0.05) is 24.3 Å². The fourth-order valence-corrected chi connectivity index (χ4v) is 3.97. The van der Waals surface area contributed by atoms with E-state index in [1.807, 2.05) is 0 Å². The van der Waals surface area contributed by atoms with Crippen molar-refractivity contribution in [3.8, 4) is 0 Å². The molecule has 128 valence electrons. The fourth-order valence-electron chi connectivity index (χ4n) is 3.97. The number of ether oxygens (including phenoxy) is 1. The molecular weight excluding hydrogens is 320 g/mol. The summed E-state index contributed by atoms with van der Waals surface area (Å²) >= 11 is 0. The van der Waals surface area contributed by atoms with Crippen molar-refractivity contribution >= 4 is 34.2 Å². The Morgan fingerprint density at radius 3 is 2.54 bits per heavy atom. The van der Waals surface area contributed by atoms with Crippen LogP contribution in [0.15, 0.2) is 42.5 Å². The van der Waals surface area contributed by atoms with E-state index < -0.39 is 0 Å². The van der Waals surface area contributed by atoms with Gasteiger partial charge in [-0.25, -0.2) is 0 Å². The fraction of sp³-hybridized carbons (Fsp3) is 0.400. The average Bonchev–Trinajstić information content (AvgIpc) is 2.95.